The van der Waals surface area contributed by atoms with Crippen molar-refractivity contribution in [3.05, 3.63) is 30.3 Å². The Morgan fingerprint density at radius 1 is 1.35 bits per heavy atom. The van der Waals surface area contributed by atoms with Crippen LogP contribution in [0.5, 0.6) is 0 Å². The summed E-state index contributed by atoms with van der Waals surface area (Å²) < 4.78 is 30.3. The number of nitrogens with zero attached hydrogens (tertiary/aromatic N) is 1. The van der Waals surface area contributed by atoms with Gasteiger partial charge in [0.25, 0.3) is 10.0 Å². The number of anilines is 1. The van der Waals surface area contributed by atoms with Crippen LogP contribution in [0.15, 0.2) is 30.3 Å². The zero-order valence-corrected chi connectivity index (χ0v) is 12.5. The second-order valence-corrected chi connectivity index (χ2v) is 7.26. The SMILES string of the molecule is CCOC(=O)C1(C)CCCN(c2ccccc2)S1(=O)=O. The van der Waals surface area contributed by atoms with E-state index < -0.39 is 20.7 Å². The van der Waals surface area contributed by atoms with Crippen molar-refractivity contribution in [1.82, 2.24) is 0 Å². The van der Waals surface area contributed by atoms with Crippen molar-refractivity contribution in [3.63, 3.8) is 0 Å². The zero-order chi connectivity index (χ0) is 14.8. The summed E-state index contributed by atoms with van der Waals surface area (Å²) in [5.41, 5.74) is 0.586. The van der Waals surface area contributed by atoms with E-state index in [1.54, 1.807) is 31.2 Å². The maximum Gasteiger partial charge on any atom is 0.329 e. The normalized spacial score (nSPS) is 25.2. The highest BCUT2D eigenvalue weighted by Gasteiger charge is 2.53. The Morgan fingerprint density at radius 3 is 2.60 bits per heavy atom. The molecule has 1 aromatic rings. The van der Waals surface area contributed by atoms with E-state index in [2.05, 4.69) is 0 Å². The van der Waals surface area contributed by atoms with E-state index in [0.29, 0.717) is 18.7 Å². The van der Waals surface area contributed by atoms with Crippen LogP contribution in [0, 0.1) is 0 Å². The van der Waals surface area contributed by atoms with E-state index in [0.717, 1.165) is 0 Å². The summed E-state index contributed by atoms with van der Waals surface area (Å²) >= 11 is 0. The monoisotopic (exact) mass is 297 g/mol. The van der Waals surface area contributed by atoms with Gasteiger partial charge in [-0.2, -0.15) is 0 Å². The van der Waals surface area contributed by atoms with Crippen LogP contribution in [0.25, 0.3) is 0 Å². The van der Waals surface area contributed by atoms with Gasteiger partial charge < -0.3 is 4.74 Å². The molecule has 0 radical (unpaired) electrons. The van der Waals surface area contributed by atoms with E-state index in [9.17, 15) is 13.2 Å². The van der Waals surface area contributed by atoms with Crippen molar-refractivity contribution < 1.29 is 17.9 Å². The molecule has 0 bridgehead atoms. The first-order valence-corrected chi connectivity index (χ1v) is 8.12. The van der Waals surface area contributed by atoms with Gasteiger partial charge in [0.15, 0.2) is 4.75 Å². The zero-order valence-electron chi connectivity index (χ0n) is 11.7. The molecule has 6 heteroatoms. The molecular weight excluding hydrogens is 278 g/mol. The summed E-state index contributed by atoms with van der Waals surface area (Å²) in [5, 5.41) is 0. The van der Waals surface area contributed by atoms with E-state index in [1.807, 2.05) is 6.07 Å². The van der Waals surface area contributed by atoms with Gasteiger partial charge in [-0.05, 0) is 38.8 Å². The number of carbonyl (C=O) groups is 1. The number of rotatable bonds is 3. The molecule has 0 aliphatic carbocycles. The maximum absolute atomic E-state index is 12.8. The summed E-state index contributed by atoms with van der Waals surface area (Å²) in [5.74, 6) is -0.666. The lowest BCUT2D eigenvalue weighted by atomic mass is 10.0. The smallest absolute Gasteiger partial charge is 0.329 e. The molecule has 0 spiro atoms. The fraction of sp³-hybridized carbons (Fsp3) is 0.500. The molecule has 1 aliphatic rings. The lowest BCUT2D eigenvalue weighted by Gasteiger charge is -2.38. The molecule has 1 atom stereocenters. The van der Waals surface area contributed by atoms with Crippen molar-refractivity contribution in [2.45, 2.75) is 31.4 Å². The molecule has 1 fully saturated rings. The van der Waals surface area contributed by atoms with Gasteiger partial charge in [-0.3, -0.25) is 9.10 Å². The van der Waals surface area contributed by atoms with E-state index in [-0.39, 0.29) is 13.0 Å². The largest absolute Gasteiger partial charge is 0.465 e. The van der Waals surface area contributed by atoms with Crippen molar-refractivity contribution in [2.24, 2.45) is 0 Å². The first-order valence-electron chi connectivity index (χ1n) is 6.68. The molecule has 0 aromatic heterocycles. The summed E-state index contributed by atoms with van der Waals surface area (Å²) in [4.78, 5) is 12.1. The molecule has 1 aliphatic heterocycles. The minimum absolute atomic E-state index is 0.176. The Morgan fingerprint density at radius 2 is 2.00 bits per heavy atom. The number of hydrogen-bond acceptors (Lipinski definition) is 4. The number of carbonyl (C=O) groups excluding carboxylic acids is 1. The fourth-order valence-electron chi connectivity index (χ4n) is 2.41. The second kappa shape index (κ2) is 5.44. The van der Waals surface area contributed by atoms with Crippen molar-refractivity contribution in [3.8, 4) is 0 Å². The van der Waals surface area contributed by atoms with E-state index >= 15 is 0 Å². The van der Waals surface area contributed by atoms with Gasteiger partial charge >= 0.3 is 5.97 Å². The van der Waals surface area contributed by atoms with Gasteiger partial charge in [-0.15, -0.1) is 0 Å². The summed E-state index contributed by atoms with van der Waals surface area (Å²) in [6.45, 7) is 3.69. The molecule has 1 unspecified atom stereocenters. The Kier molecular flexibility index (Phi) is 4.04. The number of sulfonamides is 1. The first-order chi connectivity index (χ1) is 9.43. The summed E-state index contributed by atoms with van der Waals surface area (Å²) in [6.07, 6.45) is 0.918. The predicted molar refractivity (Wildman–Crippen MR) is 77.0 cm³/mol. The van der Waals surface area contributed by atoms with Gasteiger partial charge in [0.2, 0.25) is 0 Å². The molecule has 110 valence electrons. The average molecular weight is 297 g/mol. The van der Waals surface area contributed by atoms with Crippen LogP contribution in [0.1, 0.15) is 26.7 Å². The molecule has 1 aromatic carbocycles. The van der Waals surface area contributed by atoms with Crippen LogP contribution in [0.3, 0.4) is 0 Å². The highest BCUT2D eigenvalue weighted by molar-refractivity contribution is 7.95. The van der Waals surface area contributed by atoms with Gasteiger partial charge in [-0.1, -0.05) is 18.2 Å². The highest BCUT2D eigenvalue weighted by atomic mass is 32.2. The van der Waals surface area contributed by atoms with Crippen molar-refractivity contribution >= 4 is 21.7 Å². The molecule has 0 N–H and O–H groups in total. The highest BCUT2D eigenvalue weighted by Crippen LogP contribution is 2.36. The first kappa shape index (κ1) is 14.8. The number of ether oxygens (including phenoxy) is 1. The van der Waals surface area contributed by atoms with Crippen LogP contribution < -0.4 is 4.31 Å². The maximum atomic E-state index is 12.8. The molecule has 0 amide bonds. The van der Waals surface area contributed by atoms with Crippen LogP contribution in [0.4, 0.5) is 5.69 Å². The molecule has 5 nitrogen and oxygen atoms in total. The standard InChI is InChI=1S/C14H19NO4S/c1-3-19-13(16)14(2)10-7-11-15(20(14,17)18)12-8-5-4-6-9-12/h4-6,8-9H,3,7,10-11H2,1-2H3. The van der Waals surface area contributed by atoms with Crippen molar-refractivity contribution in [2.75, 3.05) is 17.5 Å². The third-order valence-corrected chi connectivity index (χ3v) is 6.11. The summed E-state index contributed by atoms with van der Waals surface area (Å²) in [6, 6.07) is 8.84. The Balaban J connectivity index is 2.42. The second-order valence-electron chi connectivity index (χ2n) is 4.97. The number of hydrogen-bond donors (Lipinski definition) is 0. The van der Waals surface area contributed by atoms with E-state index in [1.165, 1.54) is 11.2 Å². The minimum atomic E-state index is -3.78. The molecule has 2 rings (SSSR count). The van der Waals surface area contributed by atoms with Crippen molar-refractivity contribution in [1.29, 1.82) is 0 Å². The topological polar surface area (TPSA) is 63.7 Å². The Hall–Kier alpha value is -1.56. The van der Waals surface area contributed by atoms with Gasteiger partial charge in [0, 0.05) is 6.54 Å². The minimum Gasteiger partial charge on any atom is -0.465 e. The fourth-order valence-corrected chi connectivity index (χ4v) is 4.33. The summed E-state index contributed by atoms with van der Waals surface area (Å²) in [7, 11) is -3.78. The predicted octanol–water partition coefficient (Wildman–Crippen LogP) is 1.94. The number of benzene rings is 1. The lowest BCUT2D eigenvalue weighted by Crippen LogP contribution is -2.56. The van der Waals surface area contributed by atoms with Gasteiger partial charge in [0.1, 0.15) is 0 Å². The number of para-hydroxylation sites is 1. The lowest BCUT2D eigenvalue weighted by molar-refractivity contribution is -0.146. The molecule has 20 heavy (non-hydrogen) atoms. The third-order valence-electron chi connectivity index (χ3n) is 3.63. The van der Waals surface area contributed by atoms with E-state index in [4.69, 9.17) is 4.74 Å². The number of esters is 1. The quantitative estimate of drug-likeness (QED) is 0.800. The molecule has 0 saturated carbocycles. The molecule has 1 heterocycles. The Labute approximate surface area is 119 Å². The molecular formula is C14H19NO4S. The molecule has 1 saturated heterocycles. The average Bonchev–Trinajstić information content (AvgIpc) is 2.43. The Bertz CT molecular complexity index is 584. The van der Waals surface area contributed by atoms with Crippen LogP contribution >= 0.6 is 0 Å². The van der Waals surface area contributed by atoms with Crippen LogP contribution in [-0.2, 0) is 19.6 Å². The van der Waals surface area contributed by atoms with Crippen LogP contribution in [0.2, 0.25) is 0 Å². The van der Waals surface area contributed by atoms with Gasteiger partial charge in [-0.25, -0.2) is 8.42 Å². The van der Waals surface area contributed by atoms with Gasteiger partial charge in [0.05, 0.1) is 12.3 Å². The third kappa shape index (κ3) is 2.28. The van der Waals surface area contributed by atoms with Crippen LogP contribution in [-0.4, -0.2) is 32.3 Å².